The van der Waals surface area contributed by atoms with E-state index in [0.29, 0.717) is 11.6 Å². The number of hydrogen-bond acceptors (Lipinski definition) is 5. The number of ether oxygens (including phenoxy) is 1. The molecule has 0 fully saturated rings. The maximum absolute atomic E-state index is 14.5. The first-order valence-corrected chi connectivity index (χ1v) is 10.8. The molecule has 3 aromatic rings. The lowest BCUT2D eigenvalue weighted by atomic mass is 9.99. The summed E-state index contributed by atoms with van der Waals surface area (Å²) in [6, 6.07) is 9.45. The highest BCUT2D eigenvalue weighted by atomic mass is 35.5. The third-order valence-electron chi connectivity index (χ3n) is 4.53. The molecule has 0 radical (unpaired) electrons. The molecule has 0 atom stereocenters. The quantitative estimate of drug-likeness (QED) is 0.462. The Morgan fingerprint density at radius 3 is 2.41 bits per heavy atom. The molecule has 3 rings (SSSR count). The Balaban J connectivity index is 2.14. The molecule has 32 heavy (non-hydrogen) atoms. The number of rotatable bonds is 7. The van der Waals surface area contributed by atoms with Gasteiger partial charge in [-0.05, 0) is 29.3 Å². The number of benzene rings is 3. The fraction of sp³-hybridized carbons (Fsp3) is 0.0952. The van der Waals surface area contributed by atoms with Crippen LogP contribution in [-0.2, 0) is 16.6 Å². The number of aromatic carboxylic acids is 1. The van der Waals surface area contributed by atoms with Crippen LogP contribution in [0.4, 0.5) is 14.5 Å². The number of aliphatic hydroxyl groups is 1. The molecule has 0 bridgehead atoms. The van der Waals surface area contributed by atoms with Crippen LogP contribution in [-0.4, -0.2) is 31.7 Å². The Morgan fingerprint density at radius 2 is 1.78 bits per heavy atom. The Kier molecular flexibility index (Phi) is 6.68. The standard InChI is InChI=1S/C21H16ClF2NO6S/c1-31-20-15(22)6-12(21(27)28)7-19(20)32(29,30)25-18-8-14(16(23)9-17(18)24)13-5-3-2-4-11(13)10-26/h2-9,25-26H,10H2,1H3,(H,27,28). The summed E-state index contributed by atoms with van der Waals surface area (Å²) >= 11 is 5.95. The first-order chi connectivity index (χ1) is 15.1. The van der Waals surface area contributed by atoms with Crippen LogP contribution in [0.3, 0.4) is 0 Å². The van der Waals surface area contributed by atoms with Gasteiger partial charge in [-0.1, -0.05) is 35.9 Å². The fourth-order valence-electron chi connectivity index (χ4n) is 3.04. The summed E-state index contributed by atoms with van der Waals surface area (Å²) in [5, 5.41) is 18.4. The van der Waals surface area contributed by atoms with Gasteiger partial charge in [0, 0.05) is 11.6 Å². The summed E-state index contributed by atoms with van der Waals surface area (Å²) in [6.07, 6.45) is 0. The van der Waals surface area contributed by atoms with Gasteiger partial charge in [0.25, 0.3) is 10.0 Å². The zero-order chi connectivity index (χ0) is 23.6. The maximum atomic E-state index is 14.5. The summed E-state index contributed by atoms with van der Waals surface area (Å²) in [7, 11) is -3.49. The average Bonchev–Trinajstić information content (AvgIpc) is 2.74. The smallest absolute Gasteiger partial charge is 0.335 e. The van der Waals surface area contributed by atoms with Crippen molar-refractivity contribution in [3.63, 3.8) is 0 Å². The van der Waals surface area contributed by atoms with Crippen LogP contribution in [0.5, 0.6) is 5.75 Å². The molecule has 0 unspecified atom stereocenters. The normalized spacial score (nSPS) is 11.3. The predicted octanol–water partition coefficient (Wildman–Crippen LogP) is 4.29. The van der Waals surface area contributed by atoms with Crippen molar-refractivity contribution in [2.24, 2.45) is 0 Å². The van der Waals surface area contributed by atoms with Crippen molar-refractivity contribution >= 4 is 33.3 Å². The highest BCUT2D eigenvalue weighted by Crippen LogP contribution is 2.36. The van der Waals surface area contributed by atoms with Gasteiger partial charge in [-0.25, -0.2) is 22.0 Å². The molecule has 0 heterocycles. The molecule has 0 spiro atoms. The second-order valence-corrected chi connectivity index (χ2v) is 8.59. The molecule has 0 saturated carbocycles. The Hall–Kier alpha value is -3.21. The topological polar surface area (TPSA) is 113 Å². The van der Waals surface area contributed by atoms with Gasteiger partial charge in [0.15, 0.2) is 5.75 Å². The van der Waals surface area contributed by atoms with Crippen molar-refractivity contribution in [1.82, 2.24) is 0 Å². The lowest BCUT2D eigenvalue weighted by molar-refractivity contribution is 0.0696. The maximum Gasteiger partial charge on any atom is 0.335 e. The summed E-state index contributed by atoms with van der Waals surface area (Å²) in [5.41, 5.74) is -0.615. The van der Waals surface area contributed by atoms with Crippen LogP contribution in [0.15, 0.2) is 53.4 Å². The lowest BCUT2D eigenvalue weighted by Gasteiger charge is -2.16. The molecule has 168 valence electrons. The van der Waals surface area contributed by atoms with Gasteiger partial charge in [0.2, 0.25) is 0 Å². The van der Waals surface area contributed by atoms with Gasteiger partial charge in [0.05, 0.1) is 30.0 Å². The van der Waals surface area contributed by atoms with E-state index < -0.39 is 50.4 Å². The molecule has 0 aromatic heterocycles. The molecular weight excluding hydrogens is 468 g/mol. The van der Waals surface area contributed by atoms with Gasteiger partial charge in [0.1, 0.15) is 16.5 Å². The number of sulfonamides is 1. The number of hydrogen-bond donors (Lipinski definition) is 3. The zero-order valence-electron chi connectivity index (χ0n) is 16.4. The van der Waals surface area contributed by atoms with Gasteiger partial charge in [-0.2, -0.15) is 0 Å². The van der Waals surface area contributed by atoms with Crippen LogP contribution in [0.1, 0.15) is 15.9 Å². The van der Waals surface area contributed by atoms with Crippen molar-refractivity contribution in [2.75, 3.05) is 11.8 Å². The van der Waals surface area contributed by atoms with Gasteiger partial charge in [-0.15, -0.1) is 0 Å². The van der Waals surface area contributed by atoms with E-state index in [-0.39, 0.29) is 21.9 Å². The number of aliphatic hydroxyl groups excluding tert-OH is 1. The Bertz CT molecular complexity index is 1310. The highest BCUT2D eigenvalue weighted by molar-refractivity contribution is 7.92. The second kappa shape index (κ2) is 9.11. The molecule has 3 aromatic carbocycles. The summed E-state index contributed by atoms with van der Waals surface area (Å²) in [4.78, 5) is 10.7. The van der Waals surface area contributed by atoms with Crippen LogP contribution in [0.25, 0.3) is 11.1 Å². The Morgan fingerprint density at radius 1 is 1.09 bits per heavy atom. The molecular formula is C21H16ClF2NO6S. The van der Waals surface area contributed by atoms with Crippen LogP contribution in [0.2, 0.25) is 5.02 Å². The predicted molar refractivity (Wildman–Crippen MR) is 113 cm³/mol. The lowest BCUT2D eigenvalue weighted by Crippen LogP contribution is -2.16. The second-order valence-electron chi connectivity index (χ2n) is 6.53. The van der Waals surface area contributed by atoms with Gasteiger partial charge >= 0.3 is 5.97 Å². The molecule has 0 saturated heterocycles. The molecule has 11 heteroatoms. The number of carbonyl (C=O) groups is 1. The summed E-state index contributed by atoms with van der Waals surface area (Å²) < 4.78 is 61.9. The number of halogens is 3. The van der Waals surface area contributed by atoms with E-state index in [9.17, 15) is 32.2 Å². The molecule has 3 N–H and O–H groups in total. The van der Waals surface area contributed by atoms with Crippen molar-refractivity contribution in [1.29, 1.82) is 0 Å². The molecule has 7 nitrogen and oxygen atoms in total. The van der Waals surface area contributed by atoms with Crippen molar-refractivity contribution in [3.05, 3.63) is 76.3 Å². The molecule has 0 aliphatic carbocycles. The monoisotopic (exact) mass is 483 g/mol. The number of carboxylic acids is 1. The van der Waals surface area contributed by atoms with Crippen LogP contribution >= 0.6 is 11.6 Å². The first kappa shape index (κ1) is 23.5. The SMILES string of the molecule is COc1c(Cl)cc(C(=O)O)cc1S(=O)(=O)Nc1cc(-c2ccccc2CO)c(F)cc1F. The third kappa shape index (κ3) is 4.52. The minimum absolute atomic E-state index is 0.155. The largest absolute Gasteiger partial charge is 0.494 e. The van der Waals surface area contributed by atoms with Crippen molar-refractivity contribution in [2.45, 2.75) is 11.5 Å². The number of carboxylic acid groups (broad SMARTS) is 1. The van der Waals surface area contributed by atoms with Crippen LogP contribution in [0, 0.1) is 11.6 Å². The van der Waals surface area contributed by atoms with Crippen molar-refractivity contribution < 1.29 is 36.9 Å². The zero-order valence-corrected chi connectivity index (χ0v) is 18.0. The minimum Gasteiger partial charge on any atom is -0.494 e. The molecule has 0 amide bonds. The first-order valence-electron chi connectivity index (χ1n) is 8.91. The van der Waals surface area contributed by atoms with E-state index >= 15 is 0 Å². The van der Waals surface area contributed by atoms with E-state index in [1.165, 1.54) is 12.1 Å². The minimum atomic E-state index is -4.62. The van der Waals surface area contributed by atoms with Gasteiger partial charge < -0.3 is 14.9 Å². The van der Waals surface area contributed by atoms with E-state index in [2.05, 4.69) is 0 Å². The Labute approximate surface area is 186 Å². The number of anilines is 1. The summed E-state index contributed by atoms with van der Waals surface area (Å²) in [5.74, 6) is -3.98. The highest BCUT2D eigenvalue weighted by Gasteiger charge is 2.26. The number of methoxy groups -OCH3 is 1. The van der Waals surface area contributed by atoms with Crippen molar-refractivity contribution in [3.8, 4) is 16.9 Å². The average molecular weight is 484 g/mol. The van der Waals surface area contributed by atoms with Crippen LogP contribution < -0.4 is 9.46 Å². The van der Waals surface area contributed by atoms with E-state index in [4.69, 9.17) is 16.3 Å². The fourth-order valence-corrected chi connectivity index (χ4v) is 4.67. The van der Waals surface area contributed by atoms with Gasteiger partial charge in [-0.3, -0.25) is 4.72 Å². The molecule has 0 aliphatic heterocycles. The molecule has 0 aliphatic rings. The summed E-state index contributed by atoms with van der Waals surface area (Å²) in [6.45, 7) is -0.425. The van der Waals surface area contributed by atoms with E-state index in [1.807, 2.05) is 4.72 Å². The third-order valence-corrected chi connectivity index (χ3v) is 6.18. The number of nitrogens with one attached hydrogen (secondary N) is 1. The van der Waals surface area contributed by atoms with E-state index in [0.717, 1.165) is 25.3 Å². The van der Waals surface area contributed by atoms with E-state index in [1.54, 1.807) is 12.1 Å².